The number of benzene rings is 1. The smallest absolute Gasteiger partial charge is 0.223 e. The van der Waals surface area contributed by atoms with Crippen molar-refractivity contribution in [1.29, 1.82) is 0 Å². The zero-order valence-corrected chi connectivity index (χ0v) is 9.69. The molecule has 17 heavy (non-hydrogen) atoms. The van der Waals surface area contributed by atoms with Crippen LogP contribution in [-0.2, 0) is 16.1 Å². The summed E-state index contributed by atoms with van der Waals surface area (Å²) in [5.74, 6) is -0.116. The molecular formula is C12H15N3O2. The first-order chi connectivity index (χ1) is 8.08. The van der Waals surface area contributed by atoms with Gasteiger partial charge in [0.2, 0.25) is 11.8 Å². The van der Waals surface area contributed by atoms with E-state index in [2.05, 4.69) is 5.32 Å². The van der Waals surface area contributed by atoms with Crippen molar-refractivity contribution < 1.29 is 9.59 Å². The maximum absolute atomic E-state index is 11.6. The van der Waals surface area contributed by atoms with Crippen molar-refractivity contribution in [1.82, 2.24) is 5.32 Å². The Hall–Kier alpha value is -2.04. The molecule has 0 fully saturated rings. The monoisotopic (exact) mass is 233 g/mol. The first kappa shape index (κ1) is 11.4. The maximum atomic E-state index is 11.6. The molecule has 0 unspecified atom stereocenters. The summed E-state index contributed by atoms with van der Waals surface area (Å²) in [5.41, 5.74) is 8.03. The van der Waals surface area contributed by atoms with Crippen LogP contribution in [0.5, 0.6) is 0 Å². The molecule has 1 heterocycles. The van der Waals surface area contributed by atoms with Gasteiger partial charge in [-0.1, -0.05) is 0 Å². The molecule has 5 heteroatoms. The molecule has 1 aliphatic rings. The van der Waals surface area contributed by atoms with Gasteiger partial charge in [-0.15, -0.1) is 0 Å². The second-order valence-corrected chi connectivity index (χ2v) is 4.09. The molecular weight excluding hydrogens is 218 g/mol. The van der Waals surface area contributed by atoms with Gasteiger partial charge in [0.25, 0.3) is 0 Å². The van der Waals surface area contributed by atoms with Crippen LogP contribution in [0.2, 0.25) is 0 Å². The van der Waals surface area contributed by atoms with Crippen molar-refractivity contribution in [2.24, 2.45) is 0 Å². The number of fused-ring (bicyclic) bond motifs is 1. The molecule has 0 aliphatic carbocycles. The number of nitrogen functional groups attached to an aromatic ring is 1. The predicted octanol–water partition coefficient (Wildman–Crippen LogP) is 0.642. The van der Waals surface area contributed by atoms with E-state index < -0.39 is 0 Å². The Morgan fingerprint density at radius 1 is 1.47 bits per heavy atom. The van der Waals surface area contributed by atoms with Gasteiger partial charge in [-0.2, -0.15) is 0 Å². The van der Waals surface area contributed by atoms with Crippen LogP contribution in [0.15, 0.2) is 18.2 Å². The third-order valence-electron chi connectivity index (χ3n) is 2.81. The van der Waals surface area contributed by atoms with Gasteiger partial charge in [0, 0.05) is 37.8 Å². The number of anilines is 2. The molecule has 90 valence electrons. The van der Waals surface area contributed by atoms with Crippen LogP contribution in [0.25, 0.3) is 0 Å². The number of carbonyl (C=O) groups is 2. The van der Waals surface area contributed by atoms with Gasteiger partial charge in [-0.05, 0) is 23.8 Å². The van der Waals surface area contributed by atoms with Gasteiger partial charge < -0.3 is 16.0 Å². The largest absolute Gasteiger partial charge is 0.399 e. The summed E-state index contributed by atoms with van der Waals surface area (Å²) >= 11 is 0. The molecule has 1 aromatic rings. The SMILES string of the molecule is CC(=O)N1CCC(=O)NCc2cc(N)ccc21. The van der Waals surface area contributed by atoms with Crippen molar-refractivity contribution in [2.45, 2.75) is 19.9 Å². The van der Waals surface area contributed by atoms with E-state index in [4.69, 9.17) is 5.73 Å². The summed E-state index contributed by atoms with van der Waals surface area (Å²) in [7, 11) is 0. The molecule has 0 saturated carbocycles. The molecule has 0 spiro atoms. The third-order valence-corrected chi connectivity index (χ3v) is 2.81. The first-order valence-electron chi connectivity index (χ1n) is 5.51. The van der Waals surface area contributed by atoms with Gasteiger partial charge in [0.1, 0.15) is 0 Å². The highest BCUT2D eigenvalue weighted by molar-refractivity contribution is 5.94. The van der Waals surface area contributed by atoms with E-state index in [-0.39, 0.29) is 11.8 Å². The van der Waals surface area contributed by atoms with Crippen molar-refractivity contribution in [2.75, 3.05) is 17.2 Å². The van der Waals surface area contributed by atoms with Gasteiger partial charge in [0.15, 0.2) is 0 Å². The zero-order valence-electron chi connectivity index (χ0n) is 9.69. The summed E-state index contributed by atoms with van der Waals surface area (Å²) in [4.78, 5) is 24.6. The average molecular weight is 233 g/mol. The van der Waals surface area contributed by atoms with E-state index >= 15 is 0 Å². The Kier molecular flexibility index (Phi) is 2.99. The minimum Gasteiger partial charge on any atom is -0.399 e. The average Bonchev–Trinajstić information content (AvgIpc) is 2.26. The van der Waals surface area contributed by atoms with Crippen molar-refractivity contribution in [3.8, 4) is 0 Å². The fraction of sp³-hybridized carbons (Fsp3) is 0.333. The third kappa shape index (κ3) is 2.38. The molecule has 0 radical (unpaired) electrons. The molecule has 0 aromatic heterocycles. The fourth-order valence-electron chi connectivity index (χ4n) is 1.95. The molecule has 1 aromatic carbocycles. The highest BCUT2D eigenvalue weighted by Gasteiger charge is 2.19. The van der Waals surface area contributed by atoms with Crippen LogP contribution in [0.4, 0.5) is 11.4 Å². The Bertz CT molecular complexity index is 471. The second-order valence-electron chi connectivity index (χ2n) is 4.09. The number of nitrogens with two attached hydrogens (primary N) is 1. The number of amides is 2. The minimum atomic E-state index is -0.0641. The lowest BCUT2D eigenvalue weighted by molar-refractivity contribution is -0.121. The topological polar surface area (TPSA) is 75.4 Å². The summed E-state index contributed by atoms with van der Waals surface area (Å²) in [6.07, 6.45) is 0.323. The Morgan fingerprint density at radius 3 is 2.94 bits per heavy atom. The normalized spacial score (nSPS) is 15.6. The number of carbonyl (C=O) groups excluding carboxylic acids is 2. The van der Waals surface area contributed by atoms with E-state index in [1.165, 1.54) is 6.92 Å². The summed E-state index contributed by atoms with van der Waals surface area (Å²) in [6, 6.07) is 5.37. The number of hydrogen-bond donors (Lipinski definition) is 2. The summed E-state index contributed by atoms with van der Waals surface area (Å²) in [6.45, 7) is 2.31. The van der Waals surface area contributed by atoms with E-state index in [0.717, 1.165) is 11.3 Å². The van der Waals surface area contributed by atoms with Crippen LogP contribution >= 0.6 is 0 Å². The van der Waals surface area contributed by atoms with Gasteiger partial charge in [0.05, 0.1) is 0 Å². The number of rotatable bonds is 0. The van der Waals surface area contributed by atoms with Gasteiger partial charge in [-0.3, -0.25) is 9.59 Å². The Labute approximate surface area is 99.6 Å². The van der Waals surface area contributed by atoms with E-state index in [1.807, 2.05) is 6.07 Å². The predicted molar refractivity (Wildman–Crippen MR) is 65.3 cm³/mol. The molecule has 1 aliphatic heterocycles. The van der Waals surface area contributed by atoms with Crippen LogP contribution in [0.1, 0.15) is 18.9 Å². The molecule has 0 saturated heterocycles. The van der Waals surface area contributed by atoms with Gasteiger partial charge in [-0.25, -0.2) is 0 Å². The first-order valence-corrected chi connectivity index (χ1v) is 5.51. The molecule has 3 N–H and O–H groups in total. The van der Waals surface area contributed by atoms with Crippen molar-refractivity contribution in [3.05, 3.63) is 23.8 Å². The van der Waals surface area contributed by atoms with E-state index in [1.54, 1.807) is 17.0 Å². The van der Waals surface area contributed by atoms with E-state index in [0.29, 0.717) is 25.2 Å². The summed E-state index contributed by atoms with van der Waals surface area (Å²) in [5, 5.41) is 2.79. The van der Waals surface area contributed by atoms with Crippen LogP contribution in [-0.4, -0.2) is 18.4 Å². The lowest BCUT2D eigenvalue weighted by Crippen LogP contribution is -2.37. The minimum absolute atomic E-state index is 0.0516. The highest BCUT2D eigenvalue weighted by Crippen LogP contribution is 2.24. The zero-order chi connectivity index (χ0) is 12.4. The molecule has 2 rings (SSSR count). The number of nitrogens with one attached hydrogen (secondary N) is 1. The standard InChI is InChI=1S/C12H15N3O2/c1-8(16)15-5-4-12(17)14-7-9-6-10(13)2-3-11(9)15/h2-3,6H,4-5,7,13H2,1H3,(H,14,17). The van der Waals surface area contributed by atoms with Crippen LogP contribution < -0.4 is 16.0 Å². The fourth-order valence-corrected chi connectivity index (χ4v) is 1.95. The second kappa shape index (κ2) is 4.45. The molecule has 0 atom stereocenters. The van der Waals surface area contributed by atoms with E-state index in [9.17, 15) is 9.59 Å². The van der Waals surface area contributed by atoms with Crippen LogP contribution in [0, 0.1) is 0 Å². The maximum Gasteiger partial charge on any atom is 0.223 e. The van der Waals surface area contributed by atoms with Gasteiger partial charge >= 0.3 is 0 Å². The lowest BCUT2D eigenvalue weighted by Gasteiger charge is -2.26. The lowest BCUT2D eigenvalue weighted by atomic mass is 10.1. The van der Waals surface area contributed by atoms with Crippen molar-refractivity contribution in [3.63, 3.8) is 0 Å². The molecule has 0 bridgehead atoms. The molecule has 5 nitrogen and oxygen atoms in total. The van der Waals surface area contributed by atoms with Crippen molar-refractivity contribution >= 4 is 23.2 Å². The molecule has 2 amide bonds. The quantitative estimate of drug-likeness (QED) is 0.646. The highest BCUT2D eigenvalue weighted by atomic mass is 16.2. The Balaban J connectivity index is 2.44. The van der Waals surface area contributed by atoms with Crippen LogP contribution in [0.3, 0.4) is 0 Å². The Morgan fingerprint density at radius 2 is 2.24 bits per heavy atom. The number of hydrogen-bond acceptors (Lipinski definition) is 3. The number of nitrogens with zero attached hydrogens (tertiary/aromatic N) is 1. The summed E-state index contributed by atoms with van der Waals surface area (Å²) < 4.78 is 0.